The van der Waals surface area contributed by atoms with E-state index in [-0.39, 0.29) is 11.9 Å². The summed E-state index contributed by atoms with van der Waals surface area (Å²) in [5.74, 6) is 2.14. The summed E-state index contributed by atoms with van der Waals surface area (Å²) in [6.07, 6.45) is 0.507. The van der Waals surface area contributed by atoms with Crippen LogP contribution < -0.4 is 10.6 Å². The number of nitrogens with zero attached hydrogens (tertiary/aromatic N) is 2. The lowest BCUT2D eigenvalue weighted by Gasteiger charge is -2.22. The molecular formula is C8H12N4OS2. The molecule has 1 amide bonds. The molecule has 1 aromatic rings. The van der Waals surface area contributed by atoms with Gasteiger partial charge >= 0.3 is 0 Å². The molecule has 0 spiro atoms. The molecule has 1 aliphatic rings. The number of nitrogens with one attached hydrogen (secondary N) is 2. The summed E-state index contributed by atoms with van der Waals surface area (Å²) in [6.45, 7) is 0.988. The summed E-state index contributed by atoms with van der Waals surface area (Å²) < 4.78 is 0. The molecule has 1 aromatic heterocycles. The SMILES string of the molecule is O=C(CC1CSCCN1)Nc1nncs1. The van der Waals surface area contributed by atoms with E-state index < -0.39 is 0 Å². The zero-order valence-electron chi connectivity index (χ0n) is 8.10. The molecule has 1 atom stereocenters. The van der Waals surface area contributed by atoms with Gasteiger partial charge in [-0.2, -0.15) is 11.8 Å². The van der Waals surface area contributed by atoms with Crippen LogP contribution in [0.15, 0.2) is 5.51 Å². The van der Waals surface area contributed by atoms with E-state index in [9.17, 15) is 4.79 Å². The second-order valence-corrected chi connectivity index (χ2v) is 5.21. The number of thioether (sulfide) groups is 1. The third-order valence-corrected chi connectivity index (χ3v) is 3.77. The van der Waals surface area contributed by atoms with E-state index in [0.717, 1.165) is 18.1 Å². The van der Waals surface area contributed by atoms with E-state index in [0.29, 0.717) is 11.6 Å². The van der Waals surface area contributed by atoms with Crippen molar-refractivity contribution in [2.24, 2.45) is 0 Å². The van der Waals surface area contributed by atoms with Crippen molar-refractivity contribution in [3.63, 3.8) is 0 Å². The van der Waals surface area contributed by atoms with Crippen LogP contribution in [0.2, 0.25) is 0 Å². The summed E-state index contributed by atoms with van der Waals surface area (Å²) in [5.41, 5.74) is 1.60. The Bertz CT molecular complexity index is 310. The van der Waals surface area contributed by atoms with Crippen molar-refractivity contribution in [2.45, 2.75) is 12.5 Å². The molecule has 0 bridgehead atoms. The number of amides is 1. The maximum Gasteiger partial charge on any atom is 0.227 e. The normalized spacial score (nSPS) is 21.2. The van der Waals surface area contributed by atoms with Gasteiger partial charge in [0.1, 0.15) is 5.51 Å². The molecular weight excluding hydrogens is 232 g/mol. The fraction of sp³-hybridized carbons (Fsp3) is 0.625. The molecule has 1 saturated heterocycles. The highest BCUT2D eigenvalue weighted by Crippen LogP contribution is 2.12. The maximum absolute atomic E-state index is 11.6. The van der Waals surface area contributed by atoms with Gasteiger partial charge in [0.15, 0.2) is 0 Å². The molecule has 5 nitrogen and oxygen atoms in total. The first kappa shape index (κ1) is 10.8. The van der Waals surface area contributed by atoms with Gasteiger partial charge in [-0.3, -0.25) is 4.79 Å². The lowest BCUT2D eigenvalue weighted by atomic mass is 10.2. The van der Waals surface area contributed by atoms with Gasteiger partial charge in [-0.1, -0.05) is 11.3 Å². The van der Waals surface area contributed by atoms with E-state index in [1.165, 1.54) is 11.3 Å². The Balaban J connectivity index is 1.76. The molecule has 2 rings (SSSR count). The molecule has 2 N–H and O–H groups in total. The largest absolute Gasteiger partial charge is 0.312 e. The topological polar surface area (TPSA) is 66.9 Å². The van der Waals surface area contributed by atoms with Gasteiger partial charge in [-0.05, 0) is 0 Å². The van der Waals surface area contributed by atoms with E-state index in [4.69, 9.17) is 0 Å². The lowest BCUT2D eigenvalue weighted by Crippen LogP contribution is -2.39. The smallest absolute Gasteiger partial charge is 0.227 e. The van der Waals surface area contributed by atoms with Crippen LogP contribution in [0.4, 0.5) is 5.13 Å². The van der Waals surface area contributed by atoms with Crippen molar-refractivity contribution in [3.8, 4) is 0 Å². The van der Waals surface area contributed by atoms with Gasteiger partial charge in [-0.15, -0.1) is 10.2 Å². The summed E-state index contributed by atoms with van der Waals surface area (Å²) in [4.78, 5) is 11.6. The molecule has 7 heteroatoms. The predicted molar refractivity (Wildman–Crippen MR) is 62.3 cm³/mol. The van der Waals surface area contributed by atoms with Crippen molar-refractivity contribution in [1.29, 1.82) is 0 Å². The zero-order valence-corrected chi connectivity index (χ0v) is 9.74. The van der Waals surface area contributed by atoms with Crippen LogP contribution in [0, 0.1) is 0 Å². The van der Waals surface area contributed by atoms with E-state index in [2.05, 4.69) is 20.8 Å². The van der Waals surface area contributed by atoms with E-state index in [1.807, 2.05) is 11.8 Å². The second-order valence-electron chi connectivity index (χ2n) is 3.22. The molecule has 0 aromatic carbocycles. The van der Waals surface area contributed by atoms with Crippen LogP contribution in [0.3, 0.4) is 0 Å². The van der Waals surface area contributed by atoms with E-state index in [1.54, 1.807) is 5.51 Å². The Morgan fingerprint density at radius 2 is 2.67 bits per heavy atom. The summed E-state index contributed by atoms with van der Waals surface area (Å²) in [7, 11) is 0. The molecule has 2 heterocycles. The average molecular weight is 244 g/mol. The van der Waals surface area contributed by atoms with Crippen LogP contribution in [0.5, 0.6) is 0 Å². The third kappa shape index (κ3) is 3.44. The number of rotatable bonds is 3. The van der Waals surface area contributed by atoms with Crippen molar-refractivity contribution < 1.29 is 4.79 Å². The standard InChI is InChI=1S/C8H12N4OS2/c13-7(11-8-12-10-5-15-8)3-6-4-14-2-1-9-6/h5-6,9H,1-4H2,(H,11,12,13). The van der Waals surface area contributed by atoms with Crippen LogP contribution in [0.25, 0.3) is 0 Å². The van der Waals surface area contributed by atoms with Gasteiger partial charge in [0.2, 0.25) is 11.0 Å². The monoisotopic (exact) mass is 244 g/mol. The van der Waals surface area contributed by atoms with Gasteiger partial charge in [-0.25, -0.2) is 0 Å². The zero-order chi connectivity index (χ0) is 10.5. The molecule has 0 aliphatic carbocycles. The summed E-state index contributed by atoms with van der Waals surface area (Å²) in [6, 6.07) is 0.289. The second kappa shape index (κ2) is 5.43. The fourth-order valence-corrected chi connectivity index (χ4v) is 2.78. The predicted octanol–water partition coefficient (Wildman–Crippen LogP) is 0.572. The Hall–Kier alpha value is -0.660. The Kier molecular flexibility index (Phi) is 3.93. The van der Waals surface area contributed by atoms with Crippen molar-refractivity contribution in [3.05, 3.63) is 5.51 Å². The molecule has 0 saturated carbocycles. The number of hydrogen-bond donors (Lipinski definition) is 2. The number of carbonyl (C=O) groups excluding carboxylic acids is 1. The molecule has 15 heavy (non-hydrogen) atoms. The minimum Gasteiger partial charge on any atom is -0.312 e. The number of hydrogen-bond acceptors (Lipinski definition) is 6. The average Bonchev–Trinajstić information content (AvgIpc) is 2.71. The Morgan fingerprint density at radius 3 is 3.33 bits per heavy atom. The quantitative estimate of drug-likeness (QED) is 0.814. The van der Waals surface area contributed by atoms with E-state index >= 15 is 0 Å². The van der Waals surface area contributed by atoms with Gasteiger partial charge in [0.05, 0.1) is 0 Å². The highest BCUT2D eigenvalue weighted by atomic mass is 32.2. The van der Waals surface area contributed by atoms with Gasteiger partial charge in [0, 0.05) is 30.5 Å². The molecule has 1 unspecified atom stereocenters. The fourth-order valence-electron chi connectivity index (χ4n) is 1.37. The van der Waals surface area contributed by atoms with Crippen molar-refractivity contribution in [1.82, 2.24) is 15.5 Å². The summed E-state index contributed by atoms with van der Waals surface area (Å²) in [5, 5.41) is 14.0. The Labute approximate surface area is 96.0 Å². The van der Waals surface area contributed by atoms with Crippen molar-refractivity contribution >= 4 is 34.1 Å². The first-order valence-corrected chi connectivity index (χ1v) is 6.75. The van der Waals surface area contributed by atoms with Gasteiger partial charge in [0.25, 0.3) is 0 Å². The minimum atomic E-state index is 0.00625. The molecule has 0 radical (unpaired) electrons. The minimum absolute atomic E-state index is 0.00625. The maximum atomic E-state index is 11.6. The van der Waals surface area contributed by atoms with Crippen LogP contribution in [-0.4, -0.2) is 40.2 Å². The first-order chi connectivity index (χ1) is 7.34. The Morgan fingerprint density at radius 1 is 1.73 bits per heavy atom. The highest BCUT2D eigenvalue weighted by Gasteiger charge is 2.17. The number of anilines is 1. The molecule has 1 aliphatic heterocycles. The van der Waals surface area contributed by atoms with Gasteiger partial charge < -0.3 is 10.6 Å². The van der Waals surface area contributed by atoms with Crippen LogP contribution >= 0.6 is 23.1 Å². The molecule has 82 valence electrons. The number of carbonyl (C=O) groups is 1. The van der Waals surface area contributed by atoms with Crippen LogP contribution in [-0.2, 0) is 4.79 Å². The summed E-state index contributed by atoms with van der Waals surface area (Å²) >= 11 is 3.22. The van der Waals surface area contributed by atoms with Crippen LogP contribution in [0.1, 0.15) is 6.42 Å². The van der Waals surface area contributed by atoms with Crippen molar-refractivity contribution in [2.75, 3.05) is 23.4 Å². The number of aromatic nitrogens is 2. The highest BCUT2D eigenvalue weighted by molar-refractivity contribution is 7.99. The molecule has 1 fully saturated rings. The lowest BCUT2D eigenvalue weighted by molar-refractivity contribution is -0.116. The first-order valence-electron chi connectivity index (χ1n) is 4.72. The third-order valence-electron chi connectivity index (χ3n) is 2.04.